The van der Waals surface area contributed by atoms with E-state index in [1.807, 2.05) is 0 Å². The molecule has 0 aliphatic carbocycles. The number of ether oxygens (including phenoxy) is 1. The maximum absolute atomic E-state index is 11.0. The quantitative estimate of drug-likeness (QED) is 0.691. The molecule has 0 bridgehead atoms. The summed E-state index contributed by atoms with van der Waals surface area (Å²) < 4.78 is 4.41. The number of aromatic carboxylic acids is 1. The van der Waals surface area contributed by atoms with Gasteiger partial charge in [0.15, 0.2) is 0 Å². The van der Waals surface area contributed by atoms with E-state index in [1.54, 1.807) is 0 Å². The van der Waals surface area contributed by atoms with Gasteiger partial charge in [0.1, 0.15) is 4.88 Å². The number of carboxylic acids is 1. The zero-order valence-corrected chi connectivity index (χ0v) is 7.55. The highest BCUT2D eigenvalue weighted by Crippen LogP contribution is 2.25. The van der Waals surface area contributed by atoms with Crippen LogP contribution in [0, 0.1) is 0 Å². The molecule has 13 heavy (non-hydrogen) atoms. The molecule has 5 nitrogen and oxygen atoms in total. The summed E-state index contributed by atoms with van der Waals surface area (Å²) in [4.78, 5) is 21.6. The number of hydrogen-bond acceptors (Lipinski definition) is 5. The summed E-state index contributed by atoms with van der Waals surface area (Å²) in [5.41, 5.74) is 5.31. The van der Waals surface area contributed by atoms with Crippen molar-refractivity contribution in [1.82, 2.24) is 0 Å². The number of rotatable bonds is 2. The SMILES string of the molecule is COC(=O)c1scc(C(=O)O)c1N. The van der Waals surface area contributed by atoms with Gasteiger partial charge in [-0.2, -0.15) is 0 Å². The number of esters is 1. The molecule has 0 aliphatic rings. The van der Waals surface area contributed by atoms with Gasteiger partial charge in [-0.05, 0) is 0 Å². The molecule has 70 valence electrons. The number of nitrogen functional groups attached to an aromatic ring is 1. The van der Waals surface area contributed by atoms with Crippen LogP contribution in [-0.4, -0.2) is 24.2 Å². The van der Waals surface area contributed by atoms with Crippen molar-refractivity contribution >= 4 is 29.0 Å². The molecular weight excluding hydrogens is 194 g/mol. The summed E-state index contributed by atoms with van der Waals surface area (Å²) in [6.45, 7) is 0. The molecule has 0 atom stereocenters. The fourth-order valence-electron chi connectivity index (χ4n) is 0.784. The predicted octanol–water partition coefficient (Wildman–Crippen LogP) is 0.815. The van der Waals surface area contributed by atoms with Crippen molar-refractivity contribution in [3.05, 3.63) is 15.8 Å². The van der Waals surface area contributed by atoms with Gasteiger partial charge in [0.25, 0.3) is 0 Å². The third kappa shape index (κ3) is 1.62. The Labute approximate surface area is 77.7 Å². The minimum absolute atomic E-state index is 0.0376. The average Bonchev–Trinajstić information content (AvgIpc) is 2.46. The van der Waals surface area contributed by atoms with Gasteiger partial charge in [-0.3, -0.25) is 0 Å². The highest BCUT2D eigenvalue weighted by Gasteiger charge is 2.19. The Balaban J connectivity index is 3.13. The van der Waals surface area contributed by atoms with Gasteiger partial charge in [0, 0.05) is 5.38 Å². The van der Waals surface area contributed by atoms with Gasteiger partial charge in [-0.15, -0.1) is 11.3 Å². The van der Waals surface area contributed by atoms with Crippen molar-refractivity contribution in [2.75, 3.05) is 12.8 Å². The second-order valence-electron chi connectivity index (χ2n) is 2.19. The van der Waals surface area contributed by atoms with Crippen LogP contribution in [-0.2, 0) is 4.74 Å². The molecule has 0 saturated heterocycles. The largest absolute Gasteiger partial charge is 0.478 e. The molecule has 6 heteroatoms. The molecule has 1 rings (SSSR count). The first-order chi connectivity index (χ1) is 6.07. The van der Waals surface area contributed by atoms with E-state index in [4.69, 9.17) is 10.8 Å². The molecule has 0 fully saturated rings. The second kappa shape index (κ2) is 3.44. The monoisotopic (exact) mass is 201 g/mol. The van der Waals surface area contributed by atoms with E-state index in [0.29, 0.717) is 0 Å². The van der Waals surface area contributed by atoms with Crippen molar-refractivity contribution in [2.24, 2.45) is 0 Å². The number of thiophene rings is 1. The van der Waals surface area contributed by atoms with Gasteiger partial charge >= 0.3 is 11.9 Å². The molecule has 0 spiro atoms. The summed E-state index contributed by atoms with van der Waals surface area (Å²) in [7, 11) is 1.21. The van der Waals surface area contributed by atoms with Crippen molar-refractivity contribution in [2.45, 2.75) is 0 Å². The maximum Gasteiger partial charge on any atom is 0.350 e. The van der Waals surface area contributed by atoms with Gasteiger partial charge in [-0.1, -0.05) is 0 Å². The van der Waals surface area contributed by atoms with Crippen LogP contribution in [0.5, 0.6) is 0 Å². The molecule has 0 radical (unpaired) electrons. The normalized spacial score (nSPS) is 9.62. The first-order valence-corrected chi connectivity index (χ1v) is 4.14. The lowest BCUT2D eigenvalue weighted by Gasteiger charge is -1.96. The van der Waals surface area contributed by atoms with Crippen molar-refractivity contribution in [3.63, 3.8) is 0 Å². The molecule has 0 aliphatic heterocycles. The third-order valence-electron chi connectivity index (χ3n) is 1.43. The van der Waals surface area contributed by atoms with Crippen LogP contribution in [0.25, 0.3) is 0 Å². The minimum Gasteiger partial charge on any atom is -0.478 e. The van der Waals surface area contributed by atoms with Gasteiger partial charge in [0.2, 0.25) is 0 Å². The molecule has 1 aromatic rings. The van der Waals surface area contributed by atoms with E-state index >= 15 is 0 Å². The van der Waals surface area contributed by atoms with E-state index in [0.717, 1.165) is 11.3 Å². The van der Waals surface area contributed by atoms with E-state index in [1.165, 1.54) is 12.5 Å². The van der Waals surface area contributed by atoms with Crippen LogP contribution < -0.4 is 5.73 Å². The van der Waals surface area contributed by atoms with E-state index in [-0.39, 0.29) is 16.1 Å². The Hall–Kier alpha value is -1.56. The van der Waals surface area contributed by atoms with Crippen LogP contribution in [0.1, 0.15) is 20.0 Å². The molecule has 0 aromatic carbocycles. The lowest BCUT2D eigenvalue weighted by molar-refractivity contribution is 0.0607. The third-order valence-corrected chi connectivity index (χ3v) is 2.41. The number of carbonyl (C=O) groups excluding carboxylic acids is 1. The molecule has 3 N–H and O–H groups in total. The molecule has 0 saturated carbocycles. The highest BCUT2D eigenvalue weighted by atomic mass is 32.1. The fourth-order valence-corrected chi connectivity index (χ4v) is 1.66. The van der Waals surface area contributed by atoms with Crippen LogP contribution in [0.2, 0.25) is 0 Å². The lowest BCUT2D eigenvalue weighted by Crippen LogP contribution is -2.05. The average molecular weight is 201 g/mol. The summed E-state index contributed by atoms with van der Waals surface area (Å²) in [6, 6.07) is 0. The minimum atomic E-state index is -1.15. The van der Waals surface area contributed by atoms with Crippen LogP contribution in [0.3, 0.4) is 0 Å². The fraction of sp³-hybridized carbons (Fsp3) is 0.143. The van der Waals surface area contributed by atoms with Crippen molar-refractivity contribution < 1.29 is 19.4 Å². The summed E-state index contributed by atoms with van der Waals surface area (Å²) in [5, 5.41) is 9.92. The zero-order valence-electron chi connectivity index (χ0n) is 6.73. The van der Waals surface area contributed by atoms with Crippen molar-refractivity contribution in [1.29, 1.82) is 0 Å². The Morgan fingerprint density at radius 1 is 1.62 bits per heavy atom. The topological polar surface area (TPSA) is 89.6 Å². The first-order valence-electron chi connectivity index (χ1n) is 3.26. The number of methoxy groups -OCH3 is 1. The summed E-state index contributed by atoms with van der Waals surface area (Å²) in [5.74, 6) is -1.76. The molecule has 1 heterocycles. The number of nitrogens with two attached hydrogens (primary N) is 1. The molecule has 0 amide bonds. The predicted molar refractivity (Wildman–Crippen MR) is 47.0 cm³/mol. The summed E-state index contributed by atoms with van der Waals surface area (Å²) in [6.07, 6.45) is 0. The number of anilines is 1. The Morgan fingerprint density at radius 2 is 2.23 bits per heavy atom. The van der Waals surface area contributed by atoms with E-state index in [2.05, 4.69) is 4.74 Å². The van der Waals surface area contributed by atoms with Crippen LogP contribution in [0.15, 0.2) is 5.38 Å². The van der Waals surface area contributed by atoms with E-state index in [9.17, 15) is 9.59 Å². The lowest BCUT2D eigenvalue weighted by atomic mass is 10.2. The Morgan fingerprint density at radius 3 is 2.62 bits per heavy atom. The van der Waals surface area contributed by atoms with Gasteiger partial charge < -0.3 is 15.6 Å². The standard InChI is InChI=1S/C7H7NO4S/c1-12-7(11)5-4(8)3(2-13-5)6(9)10/h2H,8H2,1H3,(H,9,10). The smallest absolute Gasteiger partial charge is 0.350 e. The van der Waals surface area contributed by atoms with Crippen LogP contribution in [0.4, 0.5) is 5.69 Å². The number of carbonyl (C=O) groups is 2. The molecular formula is C7H7NO4S. The second-order valence-corrected chi connectivity index (χ2v) is 3.07. The van der Waals surface area contributed by atoms with E-state index < -0.39 is 11.9 Å². The zero-order chi connectivity index (χ0) is 10.0. The molecule has 1 aromatic heterocycles. The number of carboxylic acid groups (broad SMARTS) is 1. The molecule has 0 unspecified atom stereocenters. The highest BCUT2D eigenvalue weighted by molar-refractivity contribution is 7.13. The first kappa shape index (κ1) is 9.53. The maximum atomic E-state index is 11.0. The van der Waals surface area contributed by atoms with Gasteiger partial charge in [0.05, 0.1) is 18.4 Å². The Kier molecular flexibility index (Phi) is 2.52. The van der Waals surface area contributed by atoms with Gasteiger partial charge in [-0.25, -0.2) is 9.59 Å². The summed E-state index contributed by atoms with van der Waals surface area (Å²) >= 11 is 0.957. The number of hydrogen-bond donors (Lipinski definition) is 2. The van der Waals surface area contributed by atoms with Crippen LogP contribution >= 0.6 is 11.3 Å². The van der Waals surface area contributed by atoms with Crippen molar-refractivity contribution in [3.8, 4) is 0 Å². The Bertz CT molecular complexity index is 357.